The van der Waals surface area contributed by atoms with Gasteiger partial charge in [0.2, 0.25) is 0 Å². The SMILES string of the molecule is Cc1cc(N2CCOCC2)nnc1NN. The lowest BCUT2D eigenvalue weighted by molar-refractivity contribution is 0.122. The maximum atomic E-state index is 5.29. The molecular weight excluding hydrogens is 194 g/mol. The van der Waals surface area contributed by atoms with Crippen molar-refractivity contribution in [2.45, 2.75) is 6.92 Å². The van der Waals surface area contributed by atoms with Crippen molar-refractivity contribution in [3.63, 3.8) is 0 Å². The fourth-order valence-corrected chi connectivity index (χ4v) is 1.56. The minimum absolute atomic E-state index is 0.618. The molecule has 1 saturated heterocycles. The van der Waals surface area contributed by atoms with E-state index in [-0.39, 0.29) is 0 Å². The summed E-state index contributed by atoms with van der Waals surface area (Å²) in [6.45, 7) is 5.18. The van der Waals surface area contributed by atoms with Crippen LogP contribution in [0.15, 0.2) is 6.07 Å². The molecule has 1 aliphatic heterocycles. The number of hydrogen-bond acceptors (Lipinski definition) is 6. The second-order valence-electron chi connectivity index (χ2n) is 3.48. The third kappa shape index (κ3) is 2.16. The quantitative estimate of drug-likeness (QED) is 0.523. The Morgan fingerprint density at radius 3 is 2.73 bits per heavy atom. The van der Waals surface area contributed by atoms with E-state index in [0.717, 1.165) is 37.7 Å². The van der Waals surface area contributed by atoms with E-state index in [4.69, 9.17) is 10.6 Å². The molecule has 2 rings (SSSR count). The van der Waals surface area contributed by atoms with Crippen molar-refractivity contribution in [1.29, 1.82) is 0 Å². The van der Waals surface area contributed by atoms with E-state index < -0.39 is 0 Å². The molecule has 3 N–H and O–H groups in total. The largest absolute Gasteiger partial charge is 0.378 e. The molecule has 0 aromatic carbocycles. The lowest BCUT2D eigenvalue weighted by Gasteiger charge is -2.27. The zero-order chi connectivity index (χ0) is 10.7. The molecule has 0 amide bonds. The molecule has 0 unspecified atom stereocenters. The summed E-state index contributed by atoms with van der Waals surface area (Å²) in [5.41, 5.74) is 3.50. The van der Waals surface area contributed by atoms with Gasteiger partial charge in [0.1, 0.15) is 0 Å². The fourth-order valence-electron chi connectivity index (χ4n) is 1.56. The van der Waals surface area contributed by atoms with Crippen molar-refractivity contribution in [3.05, 3.63) is 11.6 Å². The summed E-state index contributed by atoms with van der Waals surface area (Å²) in [6, 6.07) is 1.98. The van der Waals surface area contributed by atoms with Crippen molar-refractivity contribution in [1.82, 2.24) is 10.2 Å². The molecule has 1 aromatic heterocycles. The second-order valence-corrected chi connectivity index (χ2v) is 3.48. The van der Waals surface area contributed by atoms with Crippen LogP contribution in [0.5, 0.6) is 0 Å². The first-order valence-corrected chi connectivity index (χ1v) is 4.95. The number of hydrogen-bond donors (Lipinski definition) is 2. The summed E-state index contributed by atoms with van der Waals surface area (Å²) in [6.07, 6.45) is 0. The van der Waals surface area contributed by atoms with Crippen LogP contribution in [0, 0.1) is 6.92 Å². The molecule has 2 heterocycles. The Kier molecular flexibility index (Phi) is 2.98. The van der Waals surface area contributed by atoms with Crippen LogP contribution in [-0.4, -0.2) is 36.5 Å². The van der Waals surface area contributed by atoms with E-state index >= 15 is 0 Å². The Labute approximate surface area is 88.4 Å². The lowest BCUT2D eigenvalue weighted by Crippen LogP contribution is -2.37. The summed E-state index contributed by atoms with van der Waals surface area (Å²) in [4.78, 5) is 2.16. The van der Waals surface area contributed by atoms with Gasteiger partial charge < -0.3 is 15.1 Å². The fraction of sp³-hybridized carbons (Fsp3) is 0.556. The Bertz CT molecular complexity index is 337. The van der Waals surface area contributed by atoms with Crippen LogP contribution in [0.4, 0.5) is 11.6 Å². The molecule has 1 fully saturated rings. The molecule has 0 atom stereocenters. The third-order valence-electron chi connectivity index (χ3n) is 2.44. The predicted molar refractivity (Wildman–Crippen MR) is 57.6 cm³/mol. The van der Waals surface area contributed by atoms with Crippen LogP contribution in [0.1, 0.15) is 5.56 Å². The first kappa shape index (κ1) is 10.1. The van der Waals surface area contributed by atoms with E-state index in [1.54, 1.807) is 0 Å². The van der Waals surface area contributed by atoms with Crippen molar-refractivity contribution in [2.24, 2.45) is 5.84 Å². The Hall–Kier alpha value is -1.40. The molecule has 15 heavy (non-hydrogen) atoms. The van der Waals surface area contributed by atoms with Gasteiger partial charge in [0.25, 0.3) is 0 Å². The number of aryl methyl sites for hydroxylation is 1. The number of nitrogen functional groups attached to an aromatic ring is 1. The van der Waals surface area contributed by atoms with Crippen LogP contribution < -0.4 is 16.2 Å². The van der Waals surface area contributed by atoms with E-state index in [1.807, 2.05) is 13.0 Å². The average molecular weight is 209 g/mol. The number of nitrogens with one attached hydrogen (secondary N) is 1. The number of ether oxygens (including phenoxy) is 1. The van der Waals surface area contributed by atoms with Gasteiger partial charge in [-0.3, -0.25) is 0 Å². The maximum absolute atomic E-state index is 5.29. The molecule has 82 valence electrons. The zero-order valence-electron chi connectivity index (χ0n) is 8.73. The monoisotopic (exact) mass is 209 g/mol. The molecule has 6 nitrogen and oxygen atoms in total. The summed E-state index contributed by atoms with van der Waals surface area (Å²) in [5, 5.41) is 8.12. The maximum Gasteiger partial charge on any atom is 0.165 e. The Balaban J connectivity index is 2.17. The van der Waals surface area contributed by atoms with Crippen LogP contribution in [0.2, 0.25) is 0 Å². The van der Waals surface area contributed by atoms with Crippen LogP contribution in [-0.2, 0) is 4.74 Å². The first-order chi connectivity index (χ1) is 7.31. The molecule has 0 spiro atoms. The number of nitrogens with two attached hydrogens (primary N) is 1. The van der Waals surface area contributed by atoms with Crippen molar-refractivity contribution >= 4 is 11.6 Å². The highest BCUT2D eigenvalue weighted by molar-refractivity contribution is 5.49. The topological polar surface area (TPSA) is 76.3 Å². The molecule has 0 aliphatic carbocycles. The molecule has 1 aliphatic rings. The van der Waals surface area contributed by atoms with Crippen molar-refractivity contribution in [2.75, 3.05) is 36.6 Å². The van der Waals surface area contributed by atoms with Gasteiger partial charge in [-0.25, -0.2) is 5.84 Å². The highest BCUT2D eigenvalue weighted by atomic mass is 16.5. The van der Waals surface area contributed by atoms with Crippen LogP contribution in [0.3, 0.4) is 0 Å². The second kappa shape index (κ2) is 4.41. The lowest BCUT2D eigenvalue weighted by atomic mass is 10.3. The minimum Gasteiger partial charge on any atom is -0.378 e. The number of morpholine rings is 1. The normalized spacial score (nSPS) is 16.5. The van der Waals surface area contributed by atoms with E-state index in [0.29, 0.717) is 5.82 Å². The Morgan fingerprint density at radius 1 is 1.40 bits per heavy atom. The summed E-state index contributed by atoms with van der Waals surface area (Å²) in [7, 11) is 0. The van der Waals surface area contributed by atoms with E-state index in [1.165, 1.54) is 0 Å². The number of anilines is 2. The molecule has 0 bridgehead atoms. The molecular formula is C9H15N5O. The number of hydrazine groups is 1. The van der Waals surface area contributed by atoms with Gasteiger partial charge >= 0.3 is 0 Å². The Morgan fingerprint density at radius 2 is 2.13 bits per heavy atom. The van der Waals surface area contributed by atoms with Gasteiger partial charge in [-0.15, -0.1) is 10.2 Å². The van der Waals surface area contributed by atoms with Gasteiger partial charge in [-0.2, -0.15) is 0 Å². The predicted octanol–water partition coefficient (Wildman–Crippen LogP) is -0.0928. The number of aromatic nitrogens is 2. The van der Waals surface area contributed by atoms with Crippen LogP contribution >= 0.6 is 0 Å². The molecule has 1 aromatic rings. The average Bonchev–Trinajstić information content (AvgIpc) is 2.30. The summed E-state index contributed by atoms with van der Waals surface area (Å²) >= 11 is 0. The molecule has 0 radical (unpaired) electrons. The van der Waals surface area contributed by atoms with Gasteiger partial charge in [0.05, 0.1) is 13.2 Å². The van der Waals surface area contributed by atoms with E-state index in [2.05, 4.69) is 20.5 Å². The van der Waals surface area contributed by atoms with Gasteiger partial charge in [0.15, 0.2) is 11.6 Å². The third-order valence-corrected chi connectivity index (χ3v) is 2.44. The summed E-state index contributed by atoms with van der Waals surface area (Å²) in [5.74, 6) is 6.79. The molecule has 0 saturated carbocycles. The van der Waals surface area contributed by atoms with Crippen molar-refractivity contribution in [3.8, 4) is 0 Å². The van der Waals surface area contributed by atoms with E-state index in [9.17, 15) is 0 Å². The van der Waals surface area contributed by atoms with Gasteiger partial charge in [-0.1, -0.05) is 0 Å². The first-order valence-electron chi connectivity index (χ1n) is 4.95. The highest BCUT2D eigenvalue weighted by Crippen LogP contribution is 2.16. The van der Waals surface area contributed by atoms with Crippen LogP contribution in [0.25, 0.3) is 0 Å². The standard InChI is InChI=1S/C9H15N5O/c1-7-6-8(12-13-9(7)11-10)14-2-4-15-5-3-14/h6H,2-5,10H2,1H3,(H,11,13). The van der Waals surface area contributed by atoms with Gasteiger partial charge in [0, 0.05) is 13.1 Å². The summed E-state index contributed by atoms with van der Waals surface area (Å²) < 4.78 is 5.27. The zero-order valence-corrected chi connectivity index (χ0v) is 8.73. The molecule has 6 heteroatoms. The smallest absolute Gasteiger partial charge is 0.165 e. The van der Waals surface area contributed by atoms with Gasteiger partial charge in [-0.05, 0) is 18.6 Å². The number of rotatable bonds is 2. The minimum atomic E-state index is 0.618. The van der Waals surface area contributed by atoms with Crippen molar-refractivity contribution < 1.29 is 4.74 Å². The number of nitrogens with zero attached hydrogens (tertiary/aromatic N) is 3. The highest BCUT2D eigenvalue weighted by Gasteiger charge is 2.13.